The van der Waals surface area contributed by atoms with E-state index in [4.69, 9.17) is 5.11 Å². The van der Waals surface area contributed by atoms with Gasteiger partial charge in [0.05, 0.1) is 5.56 Å². The molecule has 0 spiro atoms. The van der Waals surface area contributed by atoms with Gasteiger partial charge in [0.2, 0.25) is 11.8 Å². The van der Waals surface area contributed by atoms with Gasteiger partial charge in [-0.2, -0.15) is 0 Å². The quantitative estimate of drug-likeness (QED) is 0.781. The lowest BCUT2D eigenvalue weighted by Crippen LogP contribution is -2.37. The number of hydrogen-bond donors (Lipinski definition) is 3. The van der Waals surface area contributed by atoms with Crippen LogP contribution in [0.5, 0.6) is 0 Å². The Morgan fingerprint density at radius 1 is 1.37 bits per heavy atom. The van der Waals surface area contributed by atoms with Crippen molar-refractivity contribution in [2.24, 2.45) is 0 Å². The van der Waals surface area contributed by atoms with E-state index in [9.17, 15) is 14.4 Å². The Kier molecular flexibility index (Phi) is 3.84. The Hall–Kier alpha value is -1.89. The molecule has 1 aliphatic rings. The Morgan fingerprint density at radius 3 is 2.68 bits per heavy atom. The lowest BCUT2D eigenvalue weighted by atomic mass is 10.2. The molecule has 1 saturated heterocycles. The molecule has 3 N–H and O–H groups in total. The van der Waals surface area contributed by atoms with E-state index >= 15 is 0 Å². The van der Waals surface area contributed by atoms with Crippen LogP contribution in [0.25, 0.3) is 0 Å². The summed E-state index contributed by atoms with van der Waals surface area (Å²) in [5, 5.41) is 14.1. The predicted molar refractivity (Wildman–Crippen MR) is 70.9 cm³/mol. The van der Waals surface area contributed by atoms with E-state index in [-0.39, 0.29) is 17.4 Å². The van der Waals surface area contributed by atoms with Gasteiger partial charge in [0.15, 0.2) is 0 Å². The third-order valence-electron chi connectivity index (χ3n) is 2.72. The Bertz CT molecular complexity index is 559. The van der Waals surface area contributed by atoms with Gasteiger partial charge in [0.1, 0.15) is 6.04 Å². The molecule has 0 saturated carbocycles. The molecule has 2 rings (SSSR count). The van der Waals surface area contributed by atoms with Gasteiger partial charge >= 0.3 is 5.97 Å². The van der Waals surface area contributed by atoms with E-state index in [2.05, 4.69) is 26.6 Å². The molecule has 1 atom stereocenters. The van der Waals surface area contributed by atoms with Crippen molar-refractivity contribution in [3.63, 3.8) is 0 Å². The second-order valence-corrected chi connectivity index (χ2v) is 5.10. The molecule has 1 aliphatic heterocycles. The molecule has 100 valence electrons. The second-order valence-electron chi connectivity index (χ2n) is 4.18. The van der Waals surface area contributed by atoms with Gasteiger partial charge < -0.3 is 15.7 Å². The molecule has 6 nitrogen and oxygen atoms in total. The minimum Gasteiger partial charge on any atom is -0.478 e. The van der Waals surface area contributed by atoms with Crippen molar-refractivity contribution in [2.75, 3.05) is 5.32 Å². The SMILES string of the molecule is O=C1CC[C@@H](C(=O)Nc2cc(Br)cc(C(=O)O)c2)N1. The number of carboxylic acids is 1. The number of amides is 2. The number of carbonyl (C=O) groups excluding carboxylic acids is 2. The van der Waals surface area contributed by atoms with Gasteiger partial charge in [-0.25, -0.2) is 4.79 Å². The van der Waals surface area contributed by atoms with Crippen LogP contribution in [-0.2, 0) is 9.59 Å². The standard InChI is InChI=1S/C12H11BrN2O4/c13-7-3-6(12(18)19)4-8(5-7)14-11(17)9-1-2-10(16)15-9/h3-5,9H,1-2H2,(H,14,17)(H,15,16)(H,18,19)/t9-/m0/s1. The van der Waals surface area contributed by atoms with Crippen molar-refractivity contribution in [3.8, 4) is 0 Å². The van der Waals surface area contributed by atoms with Gasteiger partial charge in [-0.15, -0.1) is 0 Å². The molecule has 0 aromatic heterocycles. The van der Waals surface area contributed by atoms with Crippen LogP contribution in [0.2, 0.25) is 0 Å². The first-order valence-corrected chi connectivity index (χ1v) is 6.39. The van der Waals surface area contributed by atoms with Gasteiger partial charge in [0.25, 0.3) is 0 Å². The molecule has 1 aromatic carbocycles. The van der Waals surface area contributed by atoms with Crippen molar-refractivity contribution >= 4 is 39.4 Å². The van der Waals surface area contributed by atoms with Crippen LogP contribution in [0.15, 0.2) is 22.7 Å². The summed E-state index contributed by atoms with van der Waals surface area (Å²) >= 11 is 3.18. The molecule has 2 amide bonds. The Labute approximate surface area is 117 Å². The van der Waals surface area contributed by atoms with Crippen molar-refractivity contribution < 1.29 is 19.5 Å². The van der Waals surface area contributed by atoms with Crippen molar-refractivity contribution in [1.29, 1.82) is 0 Å². The number of aromatic carboxylic acids is 1. The highest BCUT2D eigenvalue weighted by Crippen LogP contribution is 2.20. The minimum atomic E-state index is -1.08. The second kappa shape index (κ2) is 5.40. The average Bonchev–Trinajstić information content (AvgIpc) is 2.75. The van der Waals surface area contributed by atoms with Gasteiger partial charge in [-0.05, 0) is 24.6 Å². The molecule has 0 aliphatic carbocycles. The molecule has 19 heavy (non-hydrogen) atoms. The Balaban J connectivity index is 2.12. The van der Waals surface area contributed by atoms with E-state index < -0.39 is 12.0 Å². The molecule has 0 radical (unpaired) electrons. The van der Waals surface area contributed by atoms with Crippen molar-refractivity contribution in [2.45, 2.75) is 18.9 Å². The third kappa shape index (κ3) is 3.31. The number of halogens is 1. The number of nitrogens with one attached hydrogen (secondary N) is 2. The van der Waals surface area contributed by atoms with Crippen LogP contribution in [-0.4, -0.2) is 28.9 Å². The van der Waals surface area contributed by atoms with Crippen LogP contribution >= 0.6 is 15.9 Å². The lowest BCUT2D eigenvalue weighted by molar-refractivity contribution is -0.122. The maximum Gasteiger partial charge on any atom is 0.335 e. The van der Waals surface area contributed by atoms with E-state index in [0.29, 0.717) is 23.0 Å². The first-order valence-electron chi connectivity index (χ1n) is 5.60. The summed E-state index contributed by atoms with van der Waals surface area (Å²) in [6, 6.07) is 3.85. The average molecular weight is 327 g/mol. The van der Waals surface area contributed by atoms with Crippen molar-refractivity contribution in [3.05, 3.63) is 28.2 Å². The summed E-state index contributed by atoms with van der Waals surface area (Å²) in [7, 11) is 0. The monoisotopic (exact) mass is 326 g/mol. The normalized spacial score (nSPS) is 17.9. The maximum absolute atomic E-state index is 11.9. The summed E-state index contributed by atoms with van der Waals surface area (Å²) in [5.41, 5.74) is 0.443. The summed E-state index contributed by atoms with van der Waals surface area (Å²) in [4.78, 5) is 33.8. The van der Waals surface area contributed by atoms with Gasteiger partial charge in [-0.3, -0.25) is 9.59 Å². The van der Waals surface area contributed by atoms with Gasteiger partial charge in [-0.1, -0.05) is 15.9 Å². The molecular formula is C12H11BrN2O4. The van der Waals surface area contributed by atoms with E-state index in [1.807, 2.05) is 0 Å². The van der Waals surface area contributed by atoms with Crippen LogP contribution in [0.1, 0.15) is 23.2 Å². The predicted octanol–water partition coefficient (Wildman–Crippen LogP) is 1.36. The van der Waals surface area contributed by atoms with Crippen molar-refractivity contribution in [1.82, 2.24) is 5.32 Å². The molecule has 1 fully saturated rings. The zero-order valence-electron chi connectivity index (χ0n) is 9.77. The number of anilines is 1. The van der Waals surface area contributed by atoms with Crippen LogP contribution in [0, 0.1) is 0 Å². The highest BCUT2D eigenvalue weighted by molar-refractivity contribution is 9.10. The third-order valence-corrected chi connectivity index (χ3v) is 3.18. The maximum atomic E-state index is 11.9. The fourth-order valence-electron chi connectivity index (χ4n) is 1.83. The van der Waals surface area contributed by atoms with Gasteiger partial charge in [0, 0.05) is 16.6 Å². The van der Waals surface area contributed by atoms with Crippen LogP contribution < -0.4 is 10.6 Å². The zero-order valence-corrected chi connectivity index (χ0v) is 11.4. The smallest absolute Gasteiger partial charge is 0.335 e. The number of benzene rings is 1. The minimum absolute atomic E-state index is 0.0696. The van der Waals surface area contributed by atoms with E-state index in [1.54, 1.807) is 6.07 Å². The first kappa shape index (κ1) is 13.5. The number of hydrogen-bond acceptors (Lipinski definition) is 3. The molecule has 1 heterocycles. The highest BCUT2D eigenvalue weighted by atomic mass is 79.9. The summed E-state index contributed by atoms with van der Waals surface area (Å²) in [5.74, 6) is -1.58. The topological polar surface area (TPSA) is 95.5 Å². The fraction of sp³-hybridized carbons (Fsp3) is 0.250. The summed E-state index contributed by atoms with van der Waals surface area (Å²) < 4.78 is 0.554. The Morgan fingerprint density at radius 2 is 2.11 bits per heavy atom. The summed E-state index contributed by atoms with van der Waals surface area (Å²) in [6.07, 6.45) is 0.779. The lowest BCUT2D eigenvalue weighted by Gasteiger charge is -2.11. The fourth-order valence-corrected chi connectivity index (χ4v) is 2.32. The number of rotatable bonds is 3. The number of carbonyl (C=O) groups is 3. The molecule has 0 bridgehead atoms. The van der Waals surface area contributed by atoms with Crippen LogP contribution in [0.4, 0.5) is 5.69 Å². The van der Waals surface area contributed by atoms with E-state index in [1.165, 1.54) is 12.1 Å². The first-order chi connectivity index (χ1) is 8.95. The highest BCUT2D eigenvalue weighted by Gasteiger charge is 2.27. The van der Waals surface area contributed by atoms with E-state index in [0.717, 1.165) is 0 Å². The molecule has 7 heteroatoms. The molecule has 1 aromatic rings. The molecule has 0 unspecified atom stereocenters. The zero-order chi connectivity index (χ0) is 14.0. The molecular weight excluding hydrogens is 316 g/mol. The largest absolute Gasteiger partial charge is 0.478 e. The summed E-state index contributed by atoms with van der Waals surface area (Å²) in [6.45, 7) is 0. The van der Waals surface area contributed by atoms with Crippen LogP contribution in [0.3, 0.4) is 0 Å². The number of carboxylic acid groups (broad SMARTS) is 1.